The molecular formula is C17H34O6Si2. The van der Waals surface area contributed by atoms with E-state index < -0.39 is 17.6 Å². The lowest BCUT2D eigenvalue weighted by atomic mass is 10.0. The highest BCUT2D eigenvalue weighted by Crippen LogP contribution is 2.47. The monoisotopic (exact) mass is 390 g/mol. The van der Waals surface area contributed by atoms with E-state index >= 15 is 0 Å². The van der Waals surface area contributed by atoms with Crippen molar-refractivity contribution < 1.29 is 26.6 Å². The number of rotatable bonds is 12. The molecule has 6 nitrogen and oxygen atoms in total. The lowest BCUT2D eigenvalue weighted by molar-refractivity contribution is 0.111. The molecule has 0 aromatic carbocycles. The first-order valence-corrected chi connectivity index (χ1v) is 12.3. The number of hydrogen-bond acceptors (Lipinski definition) is 6. The number of allylic oxidation sites excluding steroid dienone is 4. The highest BCUT2D eigenvalue weighted by atomic mass is 28.4. The van der Waals surface area contributed by atoms with Gasteiger partial charge in [0.25, 0.3) is 0 Å². The van der Waals surface area contributed by atoms with Crippen LogP contribution in [-0.2, 0) is 26.6 Å². The maximum absolute atomic E-state index is 5.78. The fourth-order valence-electron chi connectivity index (χ4n) is 3.94. The van der Waals surface area contributed by atoms with Gasteiger partial charge in [0, 0.05) is 42.7 Å². The second-order valence-corrected chi connectivity index (χ2v) is 12.2. The predicted octanol–water partition coefficient (Wildman–Crippen LogP) is 3.56. The minimum atomic E-state index is -2.82. The molecule has 25 heavy (non-hydrogen) atoms. The quantitative estimate of drug-likeness (QED) is 0.475. The molecule has 1 aliphatic carbocycles. The van der Waals surface area contributed by atoms with Crippen molar-refractivity contribution in [2.24, 2.45) is 0 Å². The molecule has 2 unspecified atom stereocenters. The van der Waals surface area contributed by atoms with Gasteiger partial charge in [0.15, 0.2) is 0 Å². The van der Waals surface area contributed by atoms with Crippen LogP contribution in [0.15, 0.2) is 23.3 Å². The van der Waals surface area contributed by atoms with Crippen molar-refractivity contribution in [2.45, 2.75) is 44.2 Å². The van der Waals surface area contributed by atoms with Gasteiger partial charge in [-0.2, -0.15) is 0 Å². The first-order valence-electron chi connectivity index (χ1n) is 8.69. The van der Waals surface area contributed by atoms with Gasteiger partial charge in [-0.25, -0.2) is 0 Å². The van der Waals surface area contributed by atoms with E-state index in [1.165, 1.54) is 11.1 Å². The average Bonchev–Trinajstić information content (AvgIpc) is 3.13. The summed E-state index contributed by atoms with van der Waals surface area (Å²) >= 11 is 0. The summed E-state index contributed by atoms with van der Waals surface area (Å²) in [5.74, 6) is 0. The van der Waals surface area contributed by atoms with Crippen LogP contribution in [0.2, 0.25) is 11.1 Å². The van der Waals surface area contributed by atoms with Crippen LogP contribution < -0.4 is 0 Å². The third-order valence-electron chi connectivity index (χ3n) is 5.18. The first kappa shape index (κ1) is 22.7. The molecule has 1 aliphatic rings. The maximum Gasteiger partial charge on any atom is 0.508 e. The Labute approximate surface area is 154 Å². The molecule has 146 valence electrons. The van der Waals surface area contributed by atoms with Gasteiger partial charge in [0.05, 0.1) is 11.1 Å². The van der Waals surface area contributed by atoms with Crippen LogP contribution in [0.5, 0.6) is 0 Å². The molecule has 2 atom stereocenters. The van der Waals surface area contributed by atoms with Crippen molar-refractivity contribution in [3.8, 4) is 0 Å². The van der Waals surface area contributed by atoms with E-state index in [9.17, 15) is 0 Å². The molecule has 1 rings (SSSR count). The van der Waals surface area contributed by atoms with Crippen molar-refractivity contribution in [2.75, 3.05) is 42.7 Å². The van der Waals surface area contributed by atoms with Gasteiger partial charge < -0.3 is 26.6 Å². The van der Waals surface area contributed by atoms with Crippen LogP contribution in [-0.4, -0.2) is 60.3 Å². The molecule has 0 saturated heterocycles. The summed E-state index contributed by atoms with van der Waals surface area (Å²) < 4.78 is 34.7. The van der Waals surface area contributed by atoms with E-state index in [1.54, 1.807) is 42.7 Å². The summed E-state index contributed by atoms with van der Waals surface area (Å²) in [6.45, 7) is 4.27. The normalized spacial score (nSPS) is 18.1. The van der Waals surface area contributed by atoms with Crippen LogP contribution in [0, 0.1) is 0 Å². The van der Waals surface area contributed by atoms with Crippen molar-refractivity contribution in [3.05, 3.63) is 23.3 Å². The van der Waals surface area contributed by atoms with E-state index in [0.717, 1.165) is 19.3 Å². The molecule has 0 amide bonds. The Balaban J connectivity index is 3.45. The van der Waals surface area contributed by atoms with Crippen LogP contribution in [0.4, 0.5) is 0 Å². The van der Waals surface area contributed by atoms with Gasteiger partial charge in [-0.05, 0) is 24.8 Å². The molecule has 8 heteroatoms. The largest absolute Gasteiger partial charge is 0.508 e. The highest BCUT2D eigenvalue weighted by Gasteiger charge is 2.53. The summed E-state index contributed by atoms with van der Waals surface area (Å²) in [4.78, 5) is 0. The van der Waals surface area contributed by atoms with Crippen LogP contribution in [0.3, 0.4) is 0 Å². The highest BCUT2D eigenvalue weighted by molar-refractivity contribution is 6.64. The minimum absolute atomic E-state index is 0.0626. The Hall–Kier alpha value is -0.326. The average molecular weight is 391 g/mol. The zero-order valence-corrected chi connectivity index (χ0v) is 18.9. The van der Waals surface area contributed by atoms with Crippen LogP contribution in [0.25, 0.3) is 0 Å². The summed E-state index contributed by atoms with van der Waals surface area (Å²) in [7, 11) is 4.37. The first-order chi connectivity index (χ1) is 12.0. The summed E-state index contributed by atoms with van der Waals surface area (Å²) in [5, 5.41) is 0. The molecule has 0 aromatic rings. The van der Waals surface area contributed by atoms with Gasteiger partial charge in [0.1, 0.15) is 0 Å². The Morgan fingerprint density at radius 1 is 0.760 bits per heavy atom. The van der Waals surface area contributed by atoms with E-state index in [1.807, 2.05) is 0 Å². The Morgan fingerprint density at radius 3 is 1.52 bits per heavy atom. The minimum Gasteiger partial charge on any atom is -0.376 e. The fraction of sp³-hybridized carbons (Fsp3) is 0.765. The van der Waals surface area contributed by atoms with Gasteiger partial charge in [-0.3, -0.25) is 0 Å². The van der Waals surface area contributed by atoms with E-state index in [0.29, 0.717) is 0 Å². The lowest BCUT2D eigenvalue weighted by Crippen LogP contribution is -2.50. The zero-order valence-electron chi connectivity index (χ0n) is 16.9. The number of hydrogen-bond donors (Lipinski definition) is 0. The molecule has 0 aliphatic heterocycles. The van der Waals surface area contributed by atoms with E-state index in [2.05, 4.69) is 26.0 Å². The Bertz CT molecular complexity index is 455. The molecule has 0 spiro atoms. The van der Waals surface area contributed by atoms with E-state index in [-0.39, 0.29) is 11.1 Å². The molecule has 0 heterocycles. The molecule has 0 fully saturated rings. The third-order valence-corrected chi connectivity index (χ3v) is 11.8. The predicted molar refractivity (Wildman–Crippen MR) is 102 cm³/mol. The topological polar surface area (TPSA) is 55.4 Å². The molecule has 0 N–H and O–H groups in total. The molecule has 0 saturated carbocycles. The zero-order chi connectivity index (χ0) is 19.1. The summed E-state index contributed by atoms with van der Waals surface area (Å²) in [5.41, 5.74) is 2.65. The van der Waals surface area contributed by atoms with Crippen LogP contribution in [0.1, 0.15) is 33.1 Å². The summed E-state index contributed by atoms with van der Waals surface area (Å²) in [6, 6.07) is 0. The van der Waals surface area contributed by atoms with Gasteiger partial charge in [0.2, 0.25) is 0 Å². The van der Waals surface area contributed by atoms with Crippen molar-refractivity contribution in [1.29, 1.82) is 0 Å². The Morgan fingerprint density at radius 2 is 1.16 bits per heavy atom. The van der Waals surface area contributed by atoms with Crippen molar-refractivity contribution in [3.63, 3.8) is 0 Å². The van der Waals surface area contributed by atoms with Gasteiger partial charge in [-0.1, -0.05) is 31.6 Å². The Kier molecular flexibility index (Phi) is 9.20. The van der Waals surface area contributed by atoms with E-state index in [4.69, 9.17) is 26.6 Å². The van der Waals surface area contributed by atoms with Gasteiger partial charge >= 0.3 is 17.6 Å². The smallest absolute Gasteiger partial charge is 0.376 e. The summed E-state index contributed by atoms with van der Waals surface area (Å²) in [6.07, 6.45) is 6.95. The van der Waals surface area contributed by atoms with Gasteiger partial charge in [-0.15, -0.1) is 0 Å². The third kappa shape index (κ3) is 4.16. The van der Waals surface area contributed by atoms with Crippen molar-refractivity contribution in [1.82, 2.24) is 0 Å². The standard InChI is InChI=1S/C17H34O6Si2/c1-9-16(24(18-3,19-4)20-5)14-12-11-13-15(14)17(10-2)25(21-6,22-7)23-8/h11-12,16-17H,9-10,13H2,1-8H3. The molecule has 0 bridgehead atoms. The fourth-order valence-corrected chi connectivity index (χ4v) is 9.03. The maximum atomic E-state index is 5.78. The molecule has 0 aromatic heterocycles. The molecular weight excluding hydrogens is 356 g/mol. The second-order valence-electron chi connectivity index (χ2n) is 5.94. The second kappa shape index (κ2) is 10.1. The van der Waals surface area contributed by atoms with Crippen LogP contribution >= 0.6 is 0 Å². The SMILES string of the molecule is CCC(C1=C(C(CC)[Si](OC)(OC)OC)CC=C1)[Si](OC)(OC)OC. The lowest BCUT2D eigenvalue weighted by Gasteiger charge is -2.36. The molecule has 0 radical (unpaired) electrons. The van der Waals surface area contributed by atoms with Crippen molar-refractivity contribution >= 4 is 17.6 Å².